The maximum atomic E-state index is 5.47. The molecule has 3 heteroatoms. The summed E-state index contributed by atoms with van der Waals surface area (Å²) < 4.78 is 2.17. The standard InChI is InChI=1S/C60H43N3/c1-60(2)52-26-15-14-25-51(52)57-53(60)27-16-28-54(57)62(48-33-31-41(32-34-48)46-30-29-40-17-12-13-24-45(40)37-46)49-35-36-50-47(38-49)39-55(42-18-6-3-7-19-42)63-59(50)56(43-20-8-4-9-21-43)58(61-63)44-22-10-5-11-23-44/h3-39H,1-2H3. The van der Waals surface area contributed by atoms with Gasteiger partial charge < -0.3 is 4.90 Å². The first-order chi connectivity index (χ1) is 31.0. The van der Waals surface area contributed by atoms with Crippen LogP contribution in [0.4, 0.5) is 17.1 Å². The topological polar surface area (TPSA) is 20.5 Å². The van der Waals surface area contributed by atoms with E-state index >= 15 is 0 Å². The van der Waals surface area contributed by atoms with Gasteiger partial charge in [0.2, 0.25) is 0 Å². The highest BCUT2D eigenvalue weighted by Gasteiger charge is 2.37. The Balaban J connectivity index is 1.11. The molecule has 0 spiro atoms. The fourth-order valence-electron chi connectivity index (χ4n) is 10.1. The fourth-order valence-corrected chi connectivity index (χ4v) is 10.1. The van der Waals surface area contributed by atoms with Crippen LogP contribution < -0.4 is 4.90 Å². The van der Waals surface area contributed by atoms with Gasteiger partial charge in [0.15, 0.2) is 0 Å². The van der Waals surface area contributed by atoms with Gasteiger partial charge in [-0.3, -0.25) is 0 Å². The van der Waals surface area contributed by atoms with Gasteiger partial charge in [0, 0.05) is 44.4 Å². The first kappa shape index (κ1) is 36.8. The third-order valence-electron chi connectivity index (χ3n) is 13.2. The fraction of sp³-hybridized carbons (Fsp3) is 0.0500. The Morgan fingerprint density at radius 1 is 0.413 bits per heavy atom. The van der Waals surface area contributed by atoms with E-state index in [1.807, 2.05) is 0 Å². The van der Waals surface area contributed by atoms with Crippen molar-refractivity contribution >= 4 is 44.1 Å². The van der Waals surface area contributed by atoms with Crippen LogP contribution >= 0.6 is 0 Å². The van der Waals surface area contributed by atoms with Gasteiger partial charge in [-0.25, -0.2) is 4.52 Å². The Hall–Kier alpha value is -8.01. The summed E-state index contributed by atoms with van der Waals surface area (Å²) in [5, 5.41) is 10.2. The van der Waals surface area contributed by atoms with E-state index in [0.29, 0.717) is 0 Å². The van der Waals surface area contributed by atoms with Gasteiger partial charge >= 0.3 is 0 Å². The van der Waals surface area contributed by atoms with Crippen molar-refractivity contribution in [3.63, 3.8) is 0 Å². The highest BCUT2D eigenvalue weighted by atomic mass is 15.2. The van der Waals surface area contributed by atoms with Crippen LogP contribution in [0, 0.1) is 0 Å². The molecule has 0 bridgehead atoms. The minimum atomic E-state index is -0.139. The van der Waals surface area contributed by atoms with Gasteiger partial charge in [0.25, 0.3) is 0 Å². The SMILES string of the molecule is CC1(C)c2ccccc2-c2c(N(c3ccc(-c4ccc5ccccc5c4)cc3)c3ccc4c(c3)cc(-c3ccccc3)n3nc(-c5ccccc5)c(-c5ccccc5)c43)cccc21. The number of anilines is 3. The number of nitrogens with zero attached hydrogens (tertiary/aromatic N) is 3. The zero-order valence-electron chi connectivity index (χ0n) is 35.2. The Labute approximate surface area is 367 Å². The Bertz CT molecular complexity index is 3510. The molecule has 0 saturated carbocycles. The summed E-state index contributed by atoms with van der Waals surface area (Å²) in [4.78, 5) is 2.47. The molecule has 63 heavy (non-hydrogen) atoms. The summed E-state index contributed by atoms with van der Waals surface area (Å²) in [6.07, 6.45) is 0. The number of hydrogen-bond donors (Lipinski definition) is 0. The Morgan fingerprint density at radius 2 is 1.03 bits per heavy atom. The highest BCUT2D eigenvalue weighted by Crippen LogP contribution is 2.54. The van der Waals surface area contributed by atoms with Gasteiger partial charge in [-0.2, -0.15) is 5.10 Å². The molecule has 2 aromatic heterocycles. The number of hydrogen-bond acceptors (Lipinski definition) is 2. The number of pyridine rings is 1. The molecule has 1 aliphatic rings. The molecule has 1 aliphatic carbocycles. The van der Waals surface area contributed by atoms with Gasteiger partial charge in [0.05, 0.1) is 16.9 Å². The molecular weight excluding hydrogens is 763 g/mol. The molecule has 0 unspecified atom stereocenters. The van der Waals surface area contributed by atoms with E-state index in [0.717, 1.165) is 67.0 Å². The van der Waals surface area contributed by atoms with E-state index in [-0.39, 0.29) is 5.41 Å². The lowest BCUT2D eigenvalue weighted by atomic mass is 9.82. The number of rotatable bonds is 7. The molecule has 0 saturated heterocycles. The van der Waals surface area contributed by atoms with Crippen LogP contribution in [0.15, 0.2) is 224 Å². The van der Waals surface area contributed by atoms with Crippen molar-refractivity contribution in [1.29, 1.82) is 0 Å². The third kappa shape index (κ3) is 6.00. The van der Waals surface area contributed by atoms with E-state index in [9.17, 15) is 0 Å². The molecule has 0 fully saturated rings. The largest absolute Gasteiger partial charge is 0.310 e. The molecule has 298 valence electrons. The average molecular weight is 806 g/mol. The van der Waals surface area contributed by atoms with E-state index in [4.69, 9.17) is 5.10 Å². The maximum absolute atomic E-state index is 5.47. The lowest BCUT2D eigenvalue weighted by Gasteiger charge is -2.29. The predicted molar refractivity (Wildman–Crippen MR) is 264 cm³/mol. The molecule has 0 radical (unpaired) electrons. The van der Waals surface area contributed by atoms with Crippen molar-refractivity contribution in [2.45, 2.75) is 19.3 Å². The Kier molecular flexibility index (Phi) is 8.52. The molecule has 0 atom stereocenters. The molecule has 2 heterocycles. The van der Waals surface area contributed by atoms with Crippen LogP contribution in [0.1, 0.15) is 25.0 Å². The monoisotopic (exact) mass is 805 g/mol. The molecule has 0 aliphatic heterocycles. The minimum absolute atomic E-state index is 0.139. The smallest absolute Gasteiger partial charge is 0.101 e. The first-order valence-electron chi connectivity index (χ1n) is 21.8. The van der Waals surface area contributed by atoms with Crippen molar-refractivity contribution in [3.05, 3.63) is 236 Å². The van der Waals surface area contributed by atoms with E-state index in [2.05, 4.69) is 248 Å². The van der Waals surface area contributed by atoms with Crippen LogP contribution in [0.5, 0.6) is 0 Å². The molecule has 9 aromatic carbocycles. The van der Waals surface area contributed by atoms with Crippen molar-refractivity contribution in [1.82, 2.24) is 9.61 Å². The van der Waals surface area contributed by atoms with E-state index in [1.165, 1.54) is 44.2 Å². The van der Waals surface area contributed by atoms with E-state index in [1.54, 1.807) is 0 Å². The van der Waals surface area contributed by atoms with Gasteiger partial charge in [-0.1, -0.05) is 196 Å². The predicted octanol–water partition coefficient (Wildman–Crippen LogP) is 16.1. The van der Waals surface area contributed by atoms with Crippen LogP contribution in [0.3, 0.4) is 0 Å². The van der Waals surface area contributed by atoms with Crippen LogP contribution in [-0.4, -0.2) is 9.61 Å². The Morgan fingerprint density at radius 3 is 1.79 bits per heavy atom. The number of fused-ring (bicyclic) bond motifs is 7. The van der Waals surface area contributed by atoms with Crippen molar-refractivity contribution < 1.29 is 0 Å². The highest BCUT2D eigenvalue weighted by molar-refractivity contribution is 6.10. The zero-order valence-corrected chi connectivity index (χ0v) is 35.2. The molecule has 0 N–H and O–H groups in total. The maximum Gasteiger partial charge on any atom is 0.101 e. The summed E-state index contributed by atoms with van der Waals surface area (Å²) in [6.45, 7) is 4.71. The second-order valence-corrected chi connectivity index (χ2v) is 17.2. The summed E-state index contributed by atoms with van der Waals surface area (Å²) in [7, 11) is 0. The molecule has 3 nitrogen and oxygen atoms in total. The lowest BCUT2D eigenvalue weighted by molar-refractivity contribution is 0.660. The van der Waals surface area contributed by atoms with Crippen LogP contribution in [-0.2, 0) is 5.41 Å². The second-order valence-electron chi connectivity index (χ2n) is 17.2. The lowest BCUT2D eigenvalue weighted by Crippen LogP contribution is -2.16. The third-order valence-corrected chi connectivity index (χ3v) is 13.2. The van der Waals surface area contributed by atoms with E-state index < -0.39 is 0 Å². The van der Waals surface area contributed by atoms with Gasteiger partial charge in [-0.05, 0) is 92.0 Å². The molecule has 12 rings (SSSR count). The van der Waals surface area contributed by atoms with Crippen LogP contribution in [0.25, 0.3) is 83.0 Å². The van der Waals surface area contributed by atoms with Crippen molar-refractivity contribution in [2.24, 2.45) is 0 Å². The summed E-state index contributed by atoms with van der Waals surface area (Å²) in [5.74, 6) is 0. The zero-order chi connectivity index (χ0) is 42.1. The van der Waals surface area contributed by atoms with Crippen molar-refractivity contribution in [3.8, 4) is 55.9 Å². The van der Waals surface area contributed by atoms with Crippen molar-refractivity contribution in [2.75, 3.05) is 4.90 Å². The normalized spacial score (nSPS) is 12.7. The van der Waals surface area contributed by atoms with Gasteiger partial charge in [0.1, 0.15) is 5.69 Å². The average Bonchev–Trinajstić information content (AvgIpc) is 3.86. The quantitative estimate of drug-likeness (QED) is 0.160. The first-order valence-corrected chi connectivity index (χ1v) is 21.8. The van der Waals surface area contributed by atoms with Gasteiger partial charge in [-0.15, -0.1) is 0 Å². The number of benzene rings is 9. The summed E-state index contributed by atoms with van der Waals surface area (Å²) in [5.41, 5.74) is 18.4. The minimum Gasteiger partial charge on any atom is -0.310 e. The number of aromatic nitrogens is 2. The second kappa shape index (κ2) is 14.6. The molecule has 11 aromatic rings. The summed E-state index contributed by atoms with van der Waals surface area (Å²) >= 11 is 0. The van der Waals surface area contributed by atoms with Crippen LogP contribution in [0.2, 0.25) is 0 Å². The summed E-state index contributed by atoms with van der Waals surface area (Å²) in [6, 6.07) is 81.6. The molecular formula is C60H43N3. The molecule has 0 amide bonds.